The normalized spacial score (nSPS) is 18.1. The second kappa shape index (κ2) is 5.27. The number of carbonyl (C=O) groups is 2. The summed E-state index contributed by atoms with van der Waals surface area (Å²) in [6, 6.07) is 0. The number of hydrogen-bond donors (Lipinski definition) is 2. The second-order valence-electron chi connectivity index (χ2n) is 3.94. The number of ether oxygens (including phenoxy) is 2. The lowest BCUT2D eigenvalue weighted by molar-refractivity contribution is -0.178. The first-order valence-corrected chi connectivity index (χ1v) is 4.87. The molecular weight excluding hydrogens is 216 g/mol. The average molecular weight is 234 g/mol. The summed E-state index contributed by atoms with van der Waals surface area (Å²) in [5, 5.41) is 19.4. The molecule has 94 valence electrons. The van der Waals surface area contributed by atoms with E-state index in [1.165, 1.54) is 6.92 Å². The quantitative estimate of drug-likeness (QED) is 0.629. The zero-order valence-electron chi connectivity index (χ0n) is 9.94. The average Bonchev–Trinajstić information content (AvgIpc) is 2.15. The Hall–Kier alpha value is -1.14. The van der Waals surface area contributed by atoms with Crippen LogP contribution in [-0.2, 0) is 19.1 Å². The fourth-order valence-electron chi connectivity index (χ4n) is 1.32. The van der Waals surface area contributed by atoms with Crippen molar-refractivity contribution in [2.24, 2.45) is 0 Å². The van der Waals surface area contributed by atoms with Crippen LogP contribution < -0.4 is 0 Å². The summed E-state index contributed by atoms with van der Waals surface area (Å²) < 4.78 is 8.96. The van der Waals surface area contributed by atoms with E-state index < -0.39 is 29.6 Å². The van der Waals surface area contributed by atoms with Crippen LogP contribution in [0.3, 0.4) is 0 Å². The maximum Gasteiger partial charge on any atom is 0.337 e. The highest BCUT2D eigenvalue weighted by molar-refractivity contribution is 5.83. The molecule has 0 aromatic heterocycles. The highest BCUT2D eigenvalue weighted by Gasteiger charge is 2.44. The second-order valence-corrected chi connectivity index (χ2v) is 3.94. The highest BCUT2D eigenvalue weighted by atomic mass is 16.6. The highest BCUT2D eigenvalue weighted by Crippen LogP contribution is 2.23. The molecule has 2 N–H and O–H groups in total. The third-order valence-corrected chi connectivity index (χ3v) is 2.03. The molecule has 0 fully saturated rings. The molecule has 6 nitrogen and oxygen atoms in total. The van der Waals surface area contributed by atoms with Gasteiger partial charge in [-0.05, 0) is 20.8 Å². The van der Waals surface area contributed by atoms with Crippen molar-refractivity contribution >= 4 is 11.9 Å². The summed E-state index contributed by atoms with van der Waals surface area (Å²) in [6.45, 7) is 4.02. The molecule has 0 rings (SSSR count). The van der Waals surface area contributed by atoms with Crippen molar-refractivity contribution < 1.29 is 29.3 Å². The molecule has 0 saturated heterocycles. The number of rotatable bonds is 5. The van der Waals surface area contributed by atoms with Gasteiger partial charge in [-0.1, -0.05) is 0 Å². The molecule has 0 bridgehead atoms. The van der Waals surface area contributed by atoms with Gasteiger partial charge in [-0.25, -0.2) is 9.59 Å². The third-order valence-electron chi connectivity index (χ3n) is 2.03. The molecule has 0 aliphatic heterocycles. The van der Waals surface area contributed by atoms with Gasteiger partial charge in [-0.2, -0.15) is 0 Å². The summed E-state index contributed by atoms with van der Waals surface area (Å²) in [6.07, 6.45) is -0.495. The van der Waals surface area contributed by atoms with E-state index in [0.717, 1.165) is 14.0 Å². The van der Waals surface area contributed by atoms with Crippen LogP contribution in [0, 0.1) is 0 Å². The van der Waals surface area contributed by atoms with Gasteiger partial charge in [0.2, 0.25) is 0 Å². The summed E-state index contributed by atoms with van der Waals surface area (Å²) in [7, 11) is 1.11. The maximum atomic E-state index is 11.3. The van der Waals surface area contributed by atoms with Crippen LogP contribution in [0.1, 0.15) is 27.2 Å². The Morgan fingerprint density at radius 2 is 1.56 bits per heavy atom. The molecule has 0 aliphatic carbocycles. The number of methoxy groups -OCH3 is 1. The van der Waals surface area contributed by atoms with Crippen molar-refractivity contribution in [1.29, 1.82) is 0 Å². The van der Waals surface area contributed by atoms with Gasteiger partial charge >= 0.3 is 11.9 Å². The topological polar surface area (TPSA) is 93.1 Å². The van der Waals surface area contributed by atoms with Crippen LogP contribution in [0.15, 0.2) is 0 Å². The first-order valence-electron chi connectivity index (χ1n) is 4.87. The smallest absolute Gasteiger partial charge is 0.337 e. The lowest BCUT2D eigenvalue weighted by Crippen LogP contribution is -2.48. The van der Waals surface area contributed by atoms with Gasteiger partial charge in [0.1, 0.15) is 0 Å². The van der Waals surface area contributed by atoms with Crippen LogP contribution in [0.5, 0.6) is 0 Å². The van der Waals surface area contributed by atoms with E-state index >= 15 is 0 Å². The molecule has 2 atom stereocenters. The summed E-state index contributed by atoms with van der Waals surface area (Å²) in [5.74, 6) is -1.81. The zero-order valence-corrected chi connectivity index (χ0v) is 9.94. The van der Waals surface area contributed by atoms with Gasteiger partial charge in [0.25, 0.3) is 0 Å². The molecule has 16 heavy (non-hydrogen) atoms. The van der Waals surface area contributed by atoms with Gasteiger partial charge < -0.3 is 19.7 Å². The molecule has 0 radical (unpaired) electrons. The lowest BCUT2D eigenvalue weighted by Gasteiger charge is -2.28. The molecule has 0 aliphatic rings. The SMILES string of the molecule is CCOC(=O)C(C)(O)CC(C)(O)C(=O)OC. The maximum absolute atomic E-state index is 11.3. The van der Waals surface area contributed by atoms with E-state index in [1.807, 2.05) is 0 Å². The van der Waals surface area contributed by atoms with E-state index in [-0.39, 0.29) is 6.61 Å². The minimum Gasteiger partial charge on any atom is -0.467 e. The molecule has 0 amide bonds. The number of esters is 2. The Morgan fingerprint density at radius 1 is 1.12 bits per heavy atom. The third kappa shape index (κ3) is 3.79. The molecular formula is C10H18O6. The van der Waals surface area contributed by atoms with Gasteiger partial charge in [0.05, 0.1) is 13.7 Å². The van der Waals surface area contributed by atoms with E-state index in [2.05, 4.69) is 9.47 Å². The van der Waals surface area contributed by atoms with Crippen LogP contribution in [0.4, 0.5) is 0 Å². The van der Waals surface area contributed by atoms with Gasteiger partial charge in [-0.15, -0.1) is 0 Å². The van der Waals surface area contributed by atoms with Crippen molar-refractivity contribution in [2.45, 2.75) is 38.4 Å². The fraction of sp³-hybridized carbons (Fsp3) is 0.800. The fourth-order valence-corrected chi connectivity index (χ4v) is 1.32. The standard InChI is InChI=1S/C10H18O6/c1-5-16-8(12)10(3,14)6-9(2,13)7(11)15-4/h13-14H,5-6H2,1-4H3. The number of carbonyl (C=O) groups excluding carboxylic acids is 2. The molecule has 0 saturated carbocycles. The molecule has 0 aromatic carbocycles. The van der Waals surface area contributed by atoms with Crippen LogP contribution in [0.25, 0.3) is 0 Å². The predicted molar refractivity (Wildman–Crippen MR) is 54.5 cm³/mol. The molecule has 2 unspecified atom stereocenters. The van der Waals surface area contributed by atoms with E-state index in [1.54, 1.807) is 6.92 Å². The Labute approximate surface area is 94.2 Å². The van der Waals surface area contributed by atoms with Crippen LogP contribution in [0.2, 0.25) is 0 Å². The Morgan fingerprint density at radius 3 is 1.94 bits per heavy atom. The van der Waals surface area contributed by atoms with Crippen molar-refractivity contribution in [2.75, 3.05) is 13.7 Å². The van der Waals surface area contributed by atoms with E-state index in [9.17, 15) is 19.8 Å². The minimum absolute atomic E-state index is 0.106. The van der Waals surface area contributed by atoms with Crippen molar-refractivity contribution in [3.63, 3.8) is 0 Å². The summed E-state index contributed by atoms with van der Waals surface area (Å²) in [5.41, 5.74) is -3.88. The van der Waals surface area contributed by atoms with Crippen molar-refractivity contribution in [3.8, 4) is 0 Å². The first kappa shape index (κ1) is 14.9. The number of hydrogen-bond acceptors (Lipinski definition) is 6. The van der Waals surface area contributed by atoms with Gasteiger partial charge in [-0.3, -0.25) is 0 Å². The zero-order chi connectivity index (χ0) is 13.0. The van der Waals surface area contributed by atoms with Crippen LogP contribution in [-0.4, -0.2) is 47.1 Å². The van der Waals surface area contributed by atoms with Gasteiger partial charge in [0, 0.05) is 6.42 Å². The summed E-state index contributed by atoms with van der Waals surface area (Å²) >= 11 is 0. The van der Waals surface area contributed by atoms with Gasteiger partial charge in [0.15, 0.2) is 11.2 Å². The van der Waals surface area contributed by atoms with E-state index in [0.29, 0.717) is 0 Å². The minimum atomic E-state index is -1.94. The molecule has 0 spiro atoms. The molecule has 6 heteroatoms. The molecule has 0 heterocycles. The van der Waals surface area contributed by atoms with Crippen molar-refractivity contribution in [1.82, 2.24) is 0 Å². The summed E-state index contributed by atoms with van der Waals surface area (Å²) in [4.78, 5) is 22.5. The first-order chi connectivity index (χ1) is 7.17. The largest absolute Gasteiger partial charge is 0.467 e. The monoisotopic (exact) mass is 234 g/mol. The van der Waals surface area contributed by atoms with Crippen LogP contribution >= 0.6 is 0 Å². The Bertz CT molecular complexity index is 268. The Kier molecular flexibility index (Phi) is 4.89. The predicted octanol–water partition coefficient (Wildman–Crippen LogP) is -0.385. The Balaban J connectivity index is 4.69. The molecule has 0 aromatic rings. The van der Waals surface area contributed by atoms with Crippen molar-refractivity contribution in [3.05, 3.63) is 0 Å². The number of aliphatic hydroxyl groups is 2. The van der Waals surface area contributed by atoms with E-state index in [4.69, 9.17) is 0 Å². The lowest BCUT2D eigenvalue weighted by atomic mass is 9.89.